The van der Waals surface area contributed by atoms with E-state index in [1.165, 1.54) is 11.8 Å². The highest BCUT2D eigenvalue weighted by molar-refractivity contribution is 7.99. The Morgan fingerprint density at radius 1 is 1.28 bits per heavy atom. The number of hydrogen-bond donors (Lipinski definition) is 0. The van der Waals surface area contributed by atoms with Gasteiger partial charge in [0.2, 0.25) is 0 Å². The van der Waals surface area contributed by atoms with Gasteiger partial charge >= 0.3 is 0 Å². The second-order valence-electron chi connectivity index (χ2n) is 6.51. The minimum atomic E-state index is -2.96. The Labute approximate surface area is 152 Å². The Morgan fingerprint density at radius 3 is 2.68 bits per heavy atom. The maximum atomic E-state index is 12.4. The summed E-state index contributed by atoms with van der Waals surface area (Å²) in [4.78, 5) is 12.4. The molecule has 8 heteroatoms. The fraction of sp³-hybridized carbons (Fsp3) is 0.471. The Balaban J connectivity index is 1.68. The van der Waals surface area contributed by atoms with Crippen molar-refractivity contribution in [2.24, 2.45) is 7.05 Å². The van der Waals surface area contributed by atoms with Crippen molar-refractivity contribution in [2.45, 2.75) is 31.3 Å². The van der Waals surface area contributed by atoms with Crippen LogP contribution in [0.1, 0.15) is 39.6 Å². The summed E-state index contributed by atoms with van der Waals surface area (Å²) < 4.78 is 25.1. The van der Waals surface area contributed by atoms with Crippen LogP contribution >= 0.6 is 11.8 Å². The van der Waals surface area contributed by atoms with Crippen molar-refractivity contribution < 1.29 is 13.2 Å². The monoisotopic (exact) mass is 379 g/mol. The molecule has 2 aromatic rings. The van der Waals surface area contributed by atoms with E-state index in [1.54, 1.807) is 0 Å². The maximum Gasteiger partial charge on any atom is 0.191 e. The Morgan fingerprint density at radius 2 is 2.04 bits per heavy atom. The predicted molar refractivity (Wildman–Crippen MR) is 98.0 cm³/mol. The number of Topliss-reactive ketones (excluding diaryl/α,β-unsaturated/α-hetero) is 1. The van der Waals surface area contributed by atoms with Gasteiger partial charge in [0.05, 0.1) is 17.3 Å². The van der Waals surface area contributed by atoms with Gasteiger partial charge in [-0.1, -0.05) is 23.9 Å². The number of aromatic nitrogens is 3. The zero-order valence-electron chi connectivity index (χ0n) is 14.5. The van der Waals surface area contributed by atoms with Crippen LogP contribution in [0, 0.1) is 13.8 Å². The molecule has 0 radical (unpaired) electrons. The number of ketones is 1. The highest BCUT2D eigenvalue weighted by Crippen LogP contribution is 2.29. The summed E-state index contributed by atoms with van der Waals surface area (Å²) in [6.07, 6.45) is 0.584. The normalized spacial score (nSPS) is 19.2. The number of nitrogens with zero attached hydrogens (tertiary/aromatic N) is 3. The van der Waals surface area contributed by atoms with Crippen molar-refractivity contribution in [1.29, 1.82) is 0 Å². The summed E-state index contributed by atoms with van der Waals surface area (Å²) in [6, 6.07) is 5.70. The summed E-state index contributed by atoms with van der Waals surface area (Å²) >= 11 is 1.33. The molecule has 1 fully saturated rings. The van der Waals surface area contributed by atoms with Crippen LogP contribution in [0.15, 0.2) is 23.4 Å². The molecule has 2 heterocycles. The predicted octanol–water partition coefficient (Wildman–Crippen LogP) is 2.31. The average Bonchev–Trinajstić information content (AvgIpc) is 3.10. The molecule has 0 amide bonds. The van der Waals surface area contributed by atoms with Crippen molar-refractivity contribution in [3.63, 3.8) is 0 Å². The molecule has 3 rings (SSSR count). The summed E-state index contributed by atoms with van der Waals surface area (Å²) in [7, 11) is -1.14. The van der Waals surface area contributed by atoms with Gasteiger partial charge in [-0.3, -0.25) is 4.79 Å². The molecular weight excluding hydrogens is 358 g/mol. The first-order valence-electron chi connectivity index (χ1n) is 8.10. The van der Waals surface area contributed by atoms with Crippen molar-refractivity contribution in [3.05, 3.63) is 40.7 Å². The first-order chi connectivity index (χ1) is 11.8. The number of carbonyl (C=O) groups excluding carboxylic acids is 1. The van der Waals surface area contributed by atoms with E-state index >= 15 is 0 Å². The zero-order chi connectivity index (χ0) is 18.2. The van der Waals surface area contributed by atoms with Crippen LogP contribution in [0.2, 0.25) is 0 Å². The molecule has 25 heavy (non-hydrogen) atoms. The highest BCUT2D eigenvalue weighted by atomic mass is 32.2. The first-order valence-corrected chi connectivity index (χ1v) is 10.9. The van der Waals surface area contributed by atoms with Gasteiger partial charge in [0, 0.05) is 18.5 Å². The molecular formula is C17H21N3O3S2. The summed E-state index contributed by atoms with van der Waals surface area (Å²) in [5.74, 6) is 1.23. The van der Waals surface area contributed by atoms with E-state index in [4.69, 9.17) is 0 Å². The third-order valence-electron chi connectivity index (χ3n) is 4.63. The Kier molecular flexibility index (Phi) is 5.02. The van der Waals surface area contributed by atoms with Crippen molar-refractivity contribution in [1.82, 2.24) is 14.8 Å². The summed E-state index contributed by atoms with van der Waals surface area (Å²) in [5, 5.41) is 8.93. The van der Waals surface area contributed by atoms with Crippen molar-refractivity contribution in [3.8, 4) is 0 Å². The second-order valence-corrected chi connectivity index (χ2v) is 9.68. The molecule has 1 aliphatic heterocycles. The van der Waals surface area contributed by atoms with Gasteiger partial charge in [0.15, 0.2) is 20.8 Å². The van der Waals surface area contributed by atoms with Gasteiger partial charge < -0.3 is 4.57 Å². The van der Waals surface area contributed by atoms with Gasteiger partial charge in [0.1, 0.15) is 5.82 Å². The lowest BCUT2D eigenvalue weighted by Crippen LogP contribution is -2.09. The van der Waals surface area contributed by atoms with E-state index in [0.29, 0.717) is 23.0 Å². The van der Waals surface area contributed by atoms with E-state index in [0.717, 1.165) is 11.1 Å². The molecule has 0 spiro atoms. The molecule has 0 N–H and O–H groups in total. The molecule has 0 aliphatic carbocycles. The standard InChI is InChI=1S/C17H21N3O3S2/c1-11-4-5-13(8-12(11)2)15(21)9-24-17-19-18-16(20(17)3)14-6-7-25(22,23)10-14/h4-5,8,14H,6-7,9-10H2,1-3H3/t14-/m0/s1. The molecule has 1 saturated heterocycles. The summed E-state index contributed by atoms with van der Waals surface area (Å²) in [5.41, 5.74) is 2.95. The van der Waals surface area contributed by atoms with Gasteiger partial charge in [-0.25, -0.2) is 8.42 Å². The Bertz CT molecular complexity index is 919. The topological polar surface area (TPSA) is 81.9 Å². The first kappa shape index (κ1) is 18.1. The number of thioether (sulfide) groups is 1. The van der Waals surface area contributed by atoms with Crippen LogP contribution in [0.5, 0.6) is 0 Å². The average molecular weight is 380 g/mol. The number of rotatable bonds is 5. The van der Waals surface area contributed by atoms with E-state index in [1.807, 2.05) is 43.7 Å². The molecule has 0 saturated carbocycles. The maximum absolute atomic E-state index is 12.4. The number of benzene rings is 1. The number of hydrogen-bond acceptors (Lipinski definition) is 6. The molecule has 0 unspecified atom stereocenters. The molecule has 6 nitrogen and oxygen atoms in total. The number of aryl methyl sites for hydroxylation is 2. The van der Waals surface area contributed by atoms with Crippen LogP contribution in [-0.2, 0) is 16.9 Å². The molecule has 1 atom stereocenters. The van der Waals surface area contributed by atoms with Gasteiger partial charge in [0.25, 0.3) is 0 Å². The quantitative estimate of drug-likeness (QED) is 0.586. The van der Waals surface area contributed by atoms with Gasteiger partial charge in [-0.05, 0) is 37.5 Å². The SMILES string of the molecule is Cc1ccc(C(=O)CSc2nnc([C@H]3CCS(=O)(=O)C3)n2C)cc1C. The van der Waals surface area contributed by atoms with E-state index in [9.17, 15) is 13.2 Å². The third-order valence-corrected chi connectivity index (χ3v) is 7.42. The zero-order valence-corrected chi connectivity index (χ0v) is 16.2. The van der Waals surface area contributed by atoms with E-state index < -0.39 is 9.84 Å². The highest BCUT2D eigenvalue weighted by Gasteiger charge is 2.32. The fourth-order valence-corrected chi connectivity index (χ4v) is 5.49. The largest absolute Gasteiger partial charge is 0.309 e. The lowest BCUT2D eigenvalue weighted by atomic mass is 10.0. The van der Waals surface area contributed by atoms with Crippen LogP contribution in [-0.4, -0.2) is 46.2 Å². The smallest absolute Gasteiger partial charge is 0.191 e. The molecule has 1 aromatic heterocycles. The Hall–Kier alpha value is -1.67. The third kappa shape index (κ3) is 3.95. The van der Waals surface area contributed by atoms with Gasteiger partial charge in [-0.15, -0.1) is 10.2 Å². The van der Waals surface area contributed by atoms with Crippen LogP contribution in [0.4, 0.5) is 0 Å². The van der Waals surface area contributed by atoms with E-state index in [-0.39, 0.29) is 29.0 Å². The lowest BCUT2D eigenvalue weighted by molar-refractivity contribution is 0.102. The number of sulfone groups is 1. The fourth-order valence-electron chi connectivity index (χ4n) is 2.93. The summed E-state index contributed by atoms with van der Waals surface area (Å²) in [6.45, 7) is 4.01. The van der Waals surface area contributed by atoms with Crippen LogP contribution in [0.25, 0.3) is 0 Å². The van der Waals surface area contributed by atoms with Gasteiger partial charge in [-0.2, -0.15) is 0 Å². The number of carbonyl (C=O) groups is 1. The molecule has 1 aliphatic rings. The van der Waals surface area contributed by atoms with Crippen molar-refractivity contribution in [2.75, 3.05) is 17.3 Å². The van der Waals surface area contributed by atoms with Crippen LogP contribution in [0.3, 0.4) is 0 Å². The second kappa shape index (κ2) is 6.92. The van der Waals surface area contributed by atoms with Crippen molar-refractivity contribution >= 4 is 27.4 Å². The van der Waals surface area contributed by atoms with Crippen LogP contribution < -0.4 is 0 Å². The minimum absolute atomic E-state index is 0.0427. The lowest BCUT2D eigenvalue weighted by Gasteiger charge is -2.08. The molecule has 0 bridgehead atoms. The van der Waals surface area contributed by atoms with E-state index in [2.05, 4.69) is 10.2 Å². The molecule has 1 aromatic carbocycles. The minimum Gasteiger partial charge on any atom is -0.309 e. The molecule has 134 valence electrons.